The smallest absolute Gasteiger partial charge is 0.0780 e. The average molecular weight is 134 g/mol. The molecule has 52 valence electrons. The van der Waals surface area contributed by atoms with E-state index in [1.807, 2.05) is 32.3 Å². The average Bonchev–Trinajstić information content (AvgIpc) is 2.38. The number of hydrogen-bond acceptors (Lipinski definition) is 1. The first-order chi connectivity index (χ1) is 4.67. The second-order valence-electron chi connectivity index (χ2n) is 2.84. The Morgan fingerprint density at radius 1 is 1.60 bits per heavy atom. The summed E-state index contributed by atoms with van der Waals surface area (Å²) in [5.74, 6) is 0. The van der Waals surface area contributed by atoms with Gasteiger partial charge >= 0.3 is 0 Å². The highest BCUT2D eigenvalue weighted by Crippen LogP contribution is 2.20. The van der Waals surface area contributed by atoms with Crippen LogP contribution in [0.1, 0.15) is 19.4 Å². The maximum Gasteiger partial charge on any atom is 0.0780 e. The van der Waals surface area contributed by atoms with E-state index >= 15 is 0 Å². The summed E-state index contributed by atoms with van der Waals surface area (Å²) in [5, 5.41) is 8.70. The maximum absolute atomic E-state index is 8.70. The molecule has 0 saturated heterocycles. The predicted molar refractivity (Wildman–Crippen MR) is 39.4 cm³/mol. The molecule has 0 aliphatic heterocycles. The standard InChI is InChI=1S/C8H10N2/c1-8(2,6-9)7-3-4-10-5-7/h3-5,10H,1-2H3. The third-order valence-electron chi connectivity index (χ3n) is 1.60. The first-order valence-corrected chi connectivity index (χ1v) is 3.21. The molecule has 1 aromatic heterocycles. The number of H-pyrrole nitrogens is 1. The van der Waals surface area contributed by atoms with Gasteiger partial charge in [-0.3, -0.25) is 0 Å². The van der Waals surface area contributed by atoms with Crippen molar-refractivity contribution in [1.82, 2.24) is 4.98 Å². The van der Waals surface area contributed by atoms with Gasteiger partial charge < -0.3 is 4.98 Å². The van der Waals surface area contributed by atoms with Crippen LogP contribution in [0.3, 0.4) is 0 Å². The molecule has 1 heterocycles. The zero-order chi connectivity index (χ0) is 7.61. The van der Waals surface area contributed by atoms with E-state index in [-0.39, 0.29) is 5.41 Å². The van der Waals surface area contributed by atoms with Gasteiger partial charge in [-0.1, -0.05) is 0 Å². The minimum absolute atomic E-state index is 0.361. The van der Waals surface area contributed by atoms with E-state index in [4.69, 9.17) is 5.26 Å². The highest BCUT2D eigenvalue weighted by Gasteiger charge is 2.19. The van der Waals surface area contributed by atoms with Gasteiger partial charge in [0.1, 0.15) is 0 Å². The van der Waals surface area contributed by atoms with Crippen molar-refractivity contribution in [3.63, 3.8) is 0 Å². The molecule has 1 aromatic rings. The van der Waals surface area contributed by atoms with Crippen molar-refractivity contribution < 1.29 is 0 Å². The first-order valence-electron chi connectivity index (χ1n) is 3.21. The van der Waals surface area contributed by atoms with Crippen molar-refractivity contribution in [3.8, 4) is 6.07 Å². The molecule has 0 atom stereocenters. The maximum atomic E-state index is 8.70. The van der Waals surface area contributed by atoms with Gasteiger partial charge in [0.2, 0.25) is 0 Å². The summed E-state index contributed by atoms with van der Waals surface area (Å²) < 4.78 is 0. The van der Waals surface area contributed by atoms with Gasteiger partial charge in [0.05, 0.1) is 11.5 Å². The Kier molecular flexibility index (Phi) is 1.50. The van der Waals surface area contributed by atoms with E-state index < -0.39 is 0 Å². The number of aromatic nitrogens is 1. The van der Waals surface area contributed by atoms with Gasteiger partial charge in [0.25, 0.3) is 0 Å². The summed E-state index contributed by atoms with van der Waals surface area (Å²) in [7, 11) is 0. The molecule has 0 bridgehead atoms. The molecule has 0 aromatic carbocycles. The lowest BCUT2D eigenvalue weighted by Gasteiger charge is -2.11. The summed E-state index contributed by atoms with van der Waals surface area (Å²) in [6.45, 7) is 3.80. The molecule has 0 radical (unpaired) electrons. The van der Waals surface area contributed by atoms with E-state index in [9.17, 15) is 0 Å². The van der Waals surface area contributed by atoms with E-state index in [0.717, 1.165) is 5.56 Å². The molecule has 2 nitrogen and oxygen atoms in total. The first kappa shape index (κ1) is 6.88. The largest absolute Gasteiger partial charge is 0.367 e. The highest BCUT2D eigenvalue weighted by molar-refractivity contribution is 5.26. The number of nitriles is 1. The molecular formula is C8H10N2. The Bertz CT molecular complexity index is 239. The summed E-state index contributed by atoms with van der Waals surface area (Å²) in [6, 6.07) is 4.14. The highest BCUT2D eigenvalue weighted by atomic mass is 14.6. The van der Waals surface area contributed by atoms with Crippen LogP contribution < -0.4 is 0 Å². The van der Waals surface area contributed by atoms with E-state index in [2.05, 4.69) is 11.1 Å². The fraction of sp³-hybridized carbons (Fsp3) is 0.375. The Morgan fingerprint density at radius 2 is 2.30 bits per heavy atom. The van der Waals surface area contributed by atoms with Crippen molar-refractivity contribution in [2.45, 2.75) is 19.3 Å². The lowest BCUT2D eigenvalue weighted by atomic mass is 9.89. The molecule has 1 rings (SSSR count). The van der Waals surface area contributed by atoms with Gasteiger partial charge in [0.15, 0.2) is 0 Å². The summed E-state index contributed by atoms with van der Waals surface area (Å²) >= 11 is 0. The SMILES string of the molecule is CC(C)(C#N)c1cc[nH]c1. The minimum Gasteiger partial charge on any atom is -0.367 e. The quantitative estimate of drug-likeness (QED) is 0.625. The van der Waals surface area contributed by atoms with E-state index in [1.54, 1.807) is 0 Å². The molecule has 0 aliphatic rings. The van der Waals surface area contributed by atoms with Gasteiger partial charge in [-0.05, 0) is 25.5 Å². The van der Waals surface area contributed by atoms with Crippen LogP contribution in [0, 0.1) is 11.3 Å². The topological polar surface area (TPSA) is 39.6 Å². The minimum atomic E-state index is -0.361. The molecule has 0 fully saturated rings. The lowest BCUT2D eigenvalue weighted by Crippen LogP contribution is -2.12. The van der Waals surface area contributed by atoms with Crippen LogP contribution in [0.4, 0.5) is 0 Å². The van der Waals surface area contributed by atoms with Crippen molar-refractivity contribution in [2.24, 2.45) is 0 Å². The molecule has 2 heteroatoms. The number of hydrogen-bond donors (Lipinski definition) is 1. The third kappa shape index (κ3) is 1.03. The Balaban J connectivity index is 2.99. The van der Waals surface area contributed by atoms with Crippen LogP contribution in [0.2, 0.25) is 0 Å². The number of nitrogens with zero attached hydrogens (tertiary/aromatic N) is 1. The van der Waals surface area contributed by atoms with E-state index in [0.29, 0.717) is 0 Å². The van der Waals surface area contributed by atoms with Crippen LogP contribution in [-0.4, -0.2) is 4.98 Å². The lowest BCUT2D eigenvalue weighted by molar-refractivity contribution is 0.688. The molecule has 0 spiro atoms. The van der Waals surface area contributed by atoms with Crippen LogP contribution in [0.15, 0.2) is 18.5 Å². The Hall–Kier alpha value is -1.23. The van der Waals surface area contributed by atoms with Crippen molar-refractivity contribution >= 4 is 0 Å². The molecule has 0 saturated carbocycles. The fourth-order valence-electron chi connectivity index (χ4n) is 0.777. The van der Waals surface area contributed by atoms with Gasteiger partial charge in [-0.2, -0.15) is 5.26 Å². The normalized spacial score (nSPS) is 10.9. The second-order valence-corrected chi connectivity index (χ2v) is 2.84. The number of nitrogens with one attached hydrogen (secondary N) is 1. The molecule has 10 heavy (non-hydrogen) atoms. The van der Waals surface area contributed by atoms with Gasteiger partial charge in [-0.25, -0.2) is 0 Å². The van der Waals surface area contributed by atoms with Crippen LogP contribution in [0.5, 0.6) is 0 Å². The fourth-order valence-corrected chi connectivity index (χ4v) is 0.777. The number of rotatable bonds is 1. The summed E-state index contributed by atoms with van der Waals surface area (Å²) in [5.41, 5.74) is 0.676. The third-order valence-corrected chi connectivity index (χ3v) is 1.60. The second kappa shape index (κ2) is 2.18. The monoisotopic (exact) mass is 134 g/mol. The Labute approximate surface area is 60.5 Å². The van der Waals surface area contributed by atoms with Crippen LogP contribution >= 0.6 is 0 Å². The zero-order valence-electron chi connectivity index (χ0n) is 6.18. The van der Waals surface area contributed by atoms with Crippen LogP contribution in [0.25, 0.3) is 0 Å². The van der Waals surface area contributed by atoms with Crippen molar-refractivity contribution in [2.75, 3.05) is 0 Å². The van der Waals surface area contributed by atoms with Crippen LogP contribution in [-0.2, 0) is 5.41 Å². The molecule has 0 aliphatic carbocycles. The zero-order valence-corrected chi connectivity index (χ0v) is 6.18. The molecule has 0 amide bonds. The number of aromatic amines is 1. The Morgan fingerprint density at radius 3 is 2.70 bits per heavy atom. The predicted octanol–water partition coefficient (Wildman–Crippen LogP) is 1.82. The van der Waals surface area contributed by atoms with Gasteiger partial charge in [0, 0.05) is 12.4 Å². The van der Waals surface area contributed by atoms with Gasteiger partial charge in [-0.15, -0.1) is 0 Å². The van der Waals surface area contributed by atoms with Crippen molar-refractivity contribution in [1.29, 1.82) is 5.26 Å². The molecule has 0 unspecified atom stereocenters. The molecular weight excluding hydrogens is 124 g/mol. The molecule has 1 N–H and O–H groups in total. The summed E-state index contributed by atoms with van der Waals surface area (Å²) in [4.78, 5) is 2.92. The van der Waals surface area contributed by atoms with Crippen molar-refractivity contribution in [3.05, 3.63) is 24.0 Å². The summed E-state index contributed by atoms with van der Waals surface area (Å²) in [6.07, 6.45) is 3.68. The van der Waals surface area contributed by atoms with E-state index in [1.165, 1.54) is 0 Å².